The van der Waals surface area contributed by atoms with Gasteiger partial charge in [0.15, 0.2) is 0 Å². The fourth-order valence-electron chi connectivity index (χ4n) is 3.48. The van der Waals surface area contributed by atoms with Gasteiger partial charge in [0.2, 0.25) is 5.91 Å². The van der Waals surface area contributed by atoms with Crippen molar-refractivity contribution < 1.29 is 4.79 Å². The Bertz CT molecular complexity index is 518. The molecular weight excluding hydrogens is 359 g/mol. The van der Waals surface area contributed by atoms with E-state index in [9.17, 15) is 4.79 Å². The van der Waals surface area contributed by atoms with Gasteiger partial charge in [-0.1, -0.05) is 0 Å². The molecule has 1 aromatic rings. The summed E-state index contributed by atoms with van der Waals surface area (Å²) in [6, 6.07) is 4.10. The van der Waals surface area contributed by atoms with E-state index in [4.69, 9.17) is 0 Å². The van der Waals surface area contributed by atoms with Crippen LogP contribution in [0, 0.1) is 5.92 Å². The molecular formula is C18H30Cl2N4O. The molecule has 7 heteroatoms. The highest BCUT2D eigenvalue weighted by Crippen LogP contribution is 2.19. The molecule has 0 aliphatic carbocycles. The lowest BCUT2D eigenvalue weighted by Crippen LogP contribution is -2.29. The lowest BCUT2D eigenvalue weighted by Gasteiger charge is -2.22. The lowest BCUT2D eigenvalue weighted by atomic mass is 9.93. The topological polar surface area (TPSA) is 57.3 Å². The fourth-order valence-corrected chi connectivity index (χ4v) is 3.48. The first-order valence-corrected chi connectivity index (χ1v) is 8.98. The van der Waals surface area contributed by atoms with Gasteiger partial charge in [0.05, 0.1) is 0 Å². The van der Waals surface area contributed by atoms with Crippen LogP contribution in [0.2, 0.25) is 0 Å². The van der Waals surface area contributed by atoms with Gasteiger partial charge >= 0.3 is 0 Å². The van der Waals surface area contributed by atoms with Crippen LogP contribution in [0.5, 0.6) is 0 Å². The molecule has 2 aliphatic rings. The molecule has 2 fully saturated rings. The van der Waals surface area contributed by atoms with Gasteiger partial charge in [-0.3, -0.25) is 4.79 Å². The summed E-state index contributed by atoms with van der Waals surface area (Å²) < 4.78 is 0. The Morgan fingerprint density at radius 3 is 2.68 bits per heavy atom. The van der Waals surface area contributed by atoms with Crippen molar-refractivity contribution in [1.29, 1.82) is 0 Å². The Hall–Kier alpha value is -1.04. The van der Waals surface area contributed by atoms with Gasteiger partial charge in [-0.2, -0.15) is 0 Å². The minimum absolute atomic E-state index is 0. The van der Waals surface area contributed by atoms with Crippen LogP contribution in [-0.2, 0) is 11.3 Å². The van der Waals surface area contributed by atoms with Crippen molar-refractivity contribution in [2.75, 3.05) is 31.1 Å². The van der Waals surface area contributed by atoms with E-state index in [1.54, 1.807) is 0 Å². The molecule has 2 aliphatic heterocycles. The molecule has 1 aromatic heterocycles. The molecule has 3 rings (SSSR count). The fraction of sp³-hybridized carbons (Fsp3) is 0.667. The Balaban J connectivity index is 0.00000156. The second kappa shape index (κ2) is 11.6. The highest BCUT2D eigenvalue weighted by molar-refractivity contribution is 5.85. The minimum atomic E-state index is 0. The standard InChI is InChI=1S/C18H28N4O.2ClH/c23-18(4-3-15-5-8-19-9-6-15)21-14-16-7-10-20-17(13-16)22-11-1-2-12-22;;/h7,10,13,15,19H,1-6,8-9,11-12,14H2,(H,21,23);2*1H. The van der Waals surface area contributed by atoms with Gasteiger partial charge in [0.1, 0.15) is 5.82 Å². The van der Waals surface area contributed by atoms with Gasteiger partial charge in [0, 0.05) is 32.3 Å². The summed E-state index contributed by atoms with van der Waals surface area (Å²) in [7, 11) is 0. The van der Waals surface area contributed by atoms with Crippen LogP contribution < -0.4 is 15.5 Å². The van der Waals surface area contributed by atoms with Crippen molar-refractivity contribution in [3.05, 3.63) is 23.9 Å². The Morgan fingerprint density at radius 1 is 1.24 bits per heavy atom. The monoisotopic (exact) mass is 388 g/mol. The van der Waals surface area contributed by atoms with Crippen LogP contribution in [0.4, 0.5) is 5.82 Å². The van der Waals surface area contributed by atoms with Crippen molar-refractivity contribution in [3.8, 4) is 0 Å². The average molecular weight is 389 g/mol. The summed E-state index contributed by atoms with van der Waals surface area (Å²) in [6.45, 7) is 5.00. The van der Waals surface area contributed by atoms with Crippen molar-refractivity contribution in [2.45, 2.75) is 45.1 Å². The molecule has 0 unspecified atom stereocenters. The van der Waals surface area contributed by atoms with Gasteiger partial charge < -0.3 is 15.5 Å². The van der Waals surface area contributed by atoms with Crippen LogP contribution in [0.3, 0.4) is 0 Å². The zero-order valence-electron chi connectivity index (χ0n) is 14.7. The maximum Gasteiger partial charge on any atom is 0.220 e. The molecule has 1 amide bonds. The van der Waals surface area contributed by atoms with Gasteiger partial charge in [-0.05, 0) is 68.8 Å². The van der Waals surface area contributed by atoms with Crippen LogP contribution in [0.1, 0.15) is 44.1 Å². The quantitative estimate of drug-likeness (QED) is 0.786. The number of halogens is 2. The smallest absolute Gasteiger partial charge is 0.220 e. The van der Waals surface area contributed by atoms with Crippen LogP contribution in [0.25, 0.3) is 0 Å². The molecule has 0 bridgehead atoms. The van der Waals surface area contributed by atoms with Crippen LogP contribution in [-0.4, -0.2) is 37.1 Å². The highest BCUT2D eigenvalue weighted by Gasteiger charge is 2.15. The summed E-state index contributed by atoms with van der Waals surface area (Å²) in [5, 5.41) is 6.42. The molecule has 0 saturated carbocycles. The zero-order valence-corrected chi connectivity index (χ0v) is 16.3. The minimum Gasteiger partial charge on any atom is -0.357 e. The maximum atomic E-state index is 12.0. The predicted octanol–water partition coefficient (Wildman–Crippen LogP) is 2.92. The van der Waals surface area contributed by atoms with E-state index in [-0.39, 0.29) is 30.7 Å². The second-order valence-corrected chi connectivity index (χ2v) is 6.73. The highest BCUT2D eigenvalue weighted by atomic mass is 35.5. The van der Waals surface area contributed by atoms with Crippen LogP contribution >= 0.6 is 24.8 Å². The number of anilines is 1. The largest absolute Gasteiger partial charge is 0.357 e. The number of piperidine rings is 1. The summed E-state index contributed by atoms with van der Waals surface area (Å²) in [5.41, 5.74) is 1.14. The normalized spacial score (nSPS) is 17.5. The van der Waals surface area contributed by atoms with Gasteiger partial charge in [-0.25, -0.2) is 4.98 Å². The van der Waals surface area contributed by atoms with Crippen molar-refractivity contribution in [2.24, 2.45) is 5.92 Å². The molecule has 0 radical (unpaired) electrons. The lowest BCUT2D eigenvalue weighted by molar-refractivity contribution is -0.121. The van der Waals surface area contributed by atoms with Crippen molar-refractivity contribution in [1.82, 2.24) is 15.6 Å². The number of hydrogen-bond donors (Lipinski definition) is 2. The van der Waals surface area contributed by atoms with Crippen molar-refractivity contribution in [3.63, 3.8) is 0 Å². The number of pyridine rings is 1. The molecule has 0 atom stereocenters. The number of carbonyl (C=O) groups excluding carboxylic acids is 1. The van der Waals surface area contributed by atoms with E-state index in [0.29, 0.717) is 18.9 Å². The summed E-state index contributed by atoms with van der Waals surface area (Å²) >= 11 is 0. The molecule has 0 spiro atoms. The Kier molecular flexibility index (Phi) is 10.2. The first-order valence-electron chi connectivity index (χ1n) is 8.98. The molecule has 25 heavy (non-hydrogen) atoms. The Morgan fingerprint density at radius 2 is 1.96 bits per heavy atom. The van der Waals surface area contributed by atoms with E-state index in [0.717, 1.165) is 44.0 Å². The molecule has 5 nitrogen and oxygen atoms in total. The second-order valence-electron chi connectivity index (χ2n) is 6.73. The molecule has 2 saturated heterocycles. The van der Waals surface area contributed by atoms with Gasteiger partial charge in [-0.15, -0.1) is 24.8 Å². The Labute approximate surface area is 163 Å². The van der Waals surface area contributed by atoms with E-state index in [1.807, 2.05) is 12.3 Å². The van der Waals surface area contributed by atoms with Crippen molar-refractivity contribution >= 4 is 36.5 Å². The van der Waals surface area contributed by atoms with Gasteiger partial charge in [0.25, 0.3) is 0 Å². The number of aromatic nitrogens is 1. The average Bonchev–Trinajstić information content (AvgIpc) is 3.14. The van der Waals surface area contributed by atoms with Crippen LogP contribution in [0.15, 0.2) is 18.3 Å². The molecule has 3 heterocycles. The number of amides is 1. The first-order chi connectivity index (χ1) is 11.3. The third-order valence-electron chi connectivity index (χ3n) is 4.97. The third-order valence-corrected chi connectivity index (χ3v) is 4.97. The number of rotatable bonds is 6. The zero-order chi connectivity index (χ0) is 15.9. The molecule has 2 N–H and O–H groups in total. The summed E-state index contributed by atoms with van der Waals surface area (Å²) in [6.07, 6.45) is 8.42. The molecule has 0 aromatic carbocycles. The number of nitrogens with one attached hydrogen (secondary N) is 2. The van der Waals surface area contributed by atoms with E-state index in [2.05, 4.69) is 26.6 Å². The van der Waals surface area contributed by atoms with E-state index < -0.39 is 0 Å². The number of hydrogen-bond acceptors (Lipinski definition) is 4. The predicted molar refractivity (Wildman–Crippen MR) is 107 cm³/mol. The van der Waals surface area contributed by atoms with E-state index >= 15 is 0 Å². The SMILES string of the molecule is Cl.Cl.O=C(CCC1CCNCC1)NCc1ccnc(N2CCCC2)c1. The third kappa shape index (κ3) is 7.00. The summed E-state index contributed by atoms with van der Waals surface area (Å²) in [4.78, 5) is 18.8. The first kappa shape index (κ1) is 22.0. The maximum absolute atomic E-state index is 12.0. The summed E-state index contributed by atoms with van der Waals surface area (Å²) in [5.74, 6) is 1.93. The van der Waals surface area contributed by atoms with E-state index in [1.165, 1.54) is 25.7 Å². The number of nitrogens with zero attached hydrogens (tertiary/aromatic N) is 2. The molecule has 142 valence electrons. The number of carbonyl (C=O) groups is 1.